The van der Waals surface area contributed by atoms with Crippen LogP contribution in [-0.4, -0.2) is 74.9 Å². The summed E-state index contributed by atoms with van der Waals surface area (Å²) in [7, 11) is 1.45. The standard InChI is InChI=1S/C78H130NO8P/c1-6-8-10-12-14-16-18-20-22-24-26-28-30-32-34-35-36-37-38-39-40-41-42-43-45-47-49-51-53-55-57-59-61-63-65-67-69-71-78(81)87-76(75-86-88(82,83)85-73-72-79(3,4)5)74-84-77(80)70-68-66-64-62-60-58-56-54-52-50-48-46-44-33-31-29-27-25-23-21-19-17-15-13-11-9-7-2/h8,10,14,16,19-22,25-28,31-34,36-37,39-40,42-43,47,49,53,55,76H,6-7,9,11-13,15,17-18,23-24,29-30,35,38,41,44-46,48,50-52,54,56-75H2,1-5H3/p+1/b10-8-,16-14-,21-19-,22-20-,27-25-,28-26-,33-31-,34-32-,37-36-,40-39-,43-42-,49-47-,55-53-. The molecule has 0 fully saturated rings. The number of hydrogen-bond donors (Lipinski definition) is 1. The van der Waals surface area contributed by atoms with Gasteiger partial charge in [0.25, 0.3) is 0 Å². The zero-order valence-electron chi connectivity index (χ0n) is 56.9. The van der Waals surface area contributed by atoms with Crippen LogP contribution in [-0.2, 0) is 32.7 Å². The summed E-state index contributed by atoms with van der Waals surface area (Å²) >= 11 is 0. The molecule has 1 N–H and O–H groups in total. The molecule has 0 heterocycles. The fourth-order valence-corrected chi connectivity index (χ4v) is 9.91. The number of ether oxygens (including phenoxy) is 2. The number of quaternary nitrogens is 1. The second kappa shape index (κ2) is 67.0. The Morgan fingerprint density at radius 3 is 0.966 bits per heavy atom. The van der Waals surface area contributed by atoms with E-state index in [2.05, 4.69) is 172 Å². The summed E-state index contributed by atoms with van der Waals surface area (Å²) in [5.74, 6) is -0.823. The molecule has 0 saturated carbocycles. The molecule has 0 rings (SSSR count). The van der Waals surface area contributed by atoms with Gasteiger partial charge in [-0.05, 0) is 128 Å². The van der Waals surface area contributed by atoms with Crippen molar-refractivity contribution in [1.82, 2.24) is 0 Å². The Morgan fingerprint density at radius 2 is 0.648 bits per heavy atom. The van der Waals surface area contributed by atoms with E-state index in [1.54, 1.807) is 0 Å². The molecule has 0 aromatic rings. The Labute approximate surface area is 541 Å². The van der Waals surface area contributed by atoms with Crippen molar-refractivity contribution in [2.45, 2.75) is 277 Å². The molecule has 10 heteroatoms. The van der Waals surface area contributed by atoms with Crippen LogP contribution in [0.25, 0.3) is 0 Å². The Hall–Kier alpha value is -4.37. The molecule has 0 aliphatic heterocycles. The highest BCUT2D eigenvalue weighted by atomic mass is 31.2. The second-order valence-electron chi connectivity index (χ2n) is 24.2. The van der Waals surface area contributed by atoms with Crippen LogP contribution in [0.5, 0.6) is 0 Å². The molecule has 0 aromatic heterocycles. The van der Waals surface area contributed by atoms with E-state index < -0.39 is 26.5 Å². The minimum atomic E-state index is -4.41. The third kappa shape index (κ3) is 70.7. The Morgan fingerprint density at radius 1 is 0.364 bits per heavy atom. The van der Waals surface area contributed by atoms with Gasteiger partial charge in [0.15, 0.2) is 6.10 Å². The van der Waals surface area contributed by atoms with E-state index >= 15 is 0 Å². The zero-order valence-corrected chi connectivity index (χ0v) is 57.8. The molecule has 2 unspecified atom stereocenters. The highest BCUT2D eigenvalue weighted by Gasteiger charge is 2.27. The molecule has 0 aliphatic carbocycles. The first-order valence-corrected chi connectivity index (χ1v) is 36.7. The van der Waals surface area contributed by atoms with Gasteiger partial charge in [-0.15, -0.1) is 0 Å². The number of phosphoric ester groups is 1. The normalized spacial score (nSPS) is 14.1. The van der Waals surface area contributed by atoms with Crippen LogP contribution < -0.4 is 0 Å². The molecule has 0 spiro atoms. The van der Waals surface area contributed by atoms with Crippen LogP contribution in [0.15, 0.2) is 158 Å². The van der Waals surface area contributed by atoms with E-state index in [9.17, 15) is 19.0 Å². The van der Waals surface area contributed by atoms with Gasteiger partial charge in [-0.1, -0.05) is 287 Å². The zero-order chi connectivity index (χ0) is 64.1. The summed E-state index contributed by atoms with van der Waals surface area (Å²) < 4.78 is 34.7. The maximum Gasteiger partial charge on any atom is 0.472 e. The minimum Gasteiger partial charge on any atom is -0.462 e. The van der Waals surface area contributed by atoms with E-state index in [0.717, 1.165) is 135 Å². The number of allylic oxidation sites excluding steroid dienone is 26. The molecule has 500 valence electrons. The molecular formula is C78H131NO8P+. The number of likely N-dealkylation sites (N-methyl/N-ethyl adjacent to an activating group) is 1. The highest BCUT2D eigenvalue weighted by Crippen LogP contribution is 2.43. The Kier molecular flexibility index (Phi) is 63.7. The van der Waals surface area contributed by atoms with Crippen LogP contribution in [0.4, 0.5) is 0 Å². The first-order valence-electron chi connectivity index (χ1n) is 35.2. The lowest BCUT2D eigenvalue weighted by atomic mass is 10.0. The fourth-order valence-electron chi connectivity index (χ4n) is 9.17. The van der Waals surface area contributed by atoms with Gasteiger partial charge >= 0.3 is 19.8 Å². The first-order chi connectivity index (χ1) is 43.0. The summed E-state index contributed by atoms with van der Waals surface area (Å²) in [5.41, 5.74) is 0. The predicted octanol–water partition coefficient (Wildman–Crippen LogP) is 23.2. The van der Waals surface area contributed by atoms with Gasteiger partial charge in [-0.2, -0.15) is 0 Å². The van der Waals surface area contributed by atoms with Gasteiger partial charge < -0.3 is 18.9 Å². The molecule has 0 radical (unpaired) electrons. The Bertz CT molecular complexity index is 2040. The average Bonchev–Trinajstić information content (AvgIpc) is 3.68. The summed E-state index contributed by atoms with van der Waals surface area (Å²) in [6.45, 7) is 4.29. The van der Waals surface area contributed by atoms with Crippen LogP contribution in [0.2, 0.25) is 0 Å². The molecule has 9 nitrogen and oxygen atoms in total. The van der Waals surface area contributed by atoms with Crippen molar-refractivity contribution in [2.75, 3.05) is 47.5 Å². The van der Waals surface area contributed by atoms with Crippen LogP contribution in [0, 0.1) is 0 Å². The fraction of sp³-hybridized carbons (Fsp3) is 0.641. The van der Waals surface area contributed by atoms with Crippen molar-refractivity contribution in [3.05, 3.63) is 158 Å². The lowest BCUT2D eigenvalue weighted by Gasteiger charge is -2.24. The van der Waals surface area contributed by atoms with Crippen LogP contribution >= 0.6 is 7.82 Å². The number of phosphoric acid groups is 1. The summed E-state index contributed by atoms with van der Waals surface area (Å²) in [5, 5.41) is 0. The smallest absolute Gasteiger partial charge is 0.462 e. The summed E-state index contributed by atoms with van der Waals surface area (Å²) in [6, 6.07) is 0. The number of nitrogens with zero attached hydrogens (tertiary/aromatic N) is 1. The van der Waals surface area contributed by atoms with Crippen molar-refractivity contribution in [3.8, 4) is 0 Å². The Balaban J connectivity index is 4.16. The molecular weight excluding hydrogens is 1110 g/mol. The SMILES string of the molecule is CC/C=C\C/C=C\C/C=C\C/C=C\C/C=C\C/C=C\C/C=C\C/C=C\C/C=C\C/C=C\CCCCCCCCC(=O)OC(COC(=O)CCCCCCCCCCCCCC/C=C\C/C=C\C/C=C\CCCCCCC)COP(=O)(O)OCC[N+](C)(C)C. The third-order valence-electron chi connectivity index (χ3n) is 14.5. The number of carbonyl (C=O) groups excluding carboxylic acids is 2. The number of hydrogen-bond acceptors (Lipinski definition) is 7. The lowest BCUT2D eigenvalue weighted by Crippen LogP contribution is -2.37. The van der Waals surface area contributed by atoms with Gasteiger partial charge in [-0.3, -0.25) is 18.6 Å². The molecule has 0 bridgehead atoms. The number of rotatable bonds is 63. The molecule has 88 heavy (non-hydrogen) atoms. The molecule has 2 atom stereocenters. The van der Waals surface area contributed by atoms with E-state index in [-0.39, 0.29) is 32.0 Å². The van der Waals surface area contributed by atoms with Crippen molar-refractivity contribution >= 4 is 19.8 Å². The summed E-state index contributed by atoms with van der Waals surface area (Å²) in [6.07, 6.45) is 100. The predicted molar refractivity (Wildman–Crippen MR) is 380 cm³/mol. The largest absolute Gasteiger partial charge is 0.472 e. The van der Waals surface area contributed by atoms with Gasteiger partial charge in [-0.25, -0.2) is 4.57 Å². The number of carbonyl (C=O) groups is 2. The minimum absolute atomic E-state index is 0.0202. The van der Waals surface area contributed by atoms with Crippen LogP contribution in [0.3, 0.4) is 0 Å². The van der Waals surface area contributed by atoms with Crippen molar-refractivity contribution < 1.29 is 42.1 Å². The average molecular weight is 1240 g/mol. The van der Waals surface area contributed by atoms with Crippen LogP contribution in [0.1, 0.15) is 271 Å². The summed E-state index contributed by atoms with van der Waals surface area (Å²) in [4.78, 5) is 35.9. The van der Waals surface area contributed by atoms with Gasteiger partial charge in [0, 0.05) is 12.8 Å². The maximum absolute atomic E-state index is 12.9. The quantitative estimate of drug-likeness (QED) is 0.0211. The van der Waals surface area contributed by atoms with Gasteiger partial charge in [0.1, 0.15) is 19.8 Å². The molecule has 0 aliphatic rings. The second-order valence-corrected chi connectivity index (χ2v) is 25.6. The van der Waals surface area contributed by atoms with E-state index in [1.807, 2.05) is 21.1 Å². The van der Waals surface area contributed by atoms with Crippen molar-refractivity contribution in [2.24, 2.45) is 0 Å². The van der Waals surface area contributed by atoms with Gasteiger partial charge in [0.2, 0.25) is 0 Å². The molecule has 0 amide bonds. The van der Waals surface area contributed by atoms with E-state index in [1.165, 1.54) is 103 Å². The van der Waals surface area contributed by atoms with E-state index in [4.69, 9.17) is 18.5 Å². The monoisotopic (exact) mass is 1240 g/mol. The van der Waals surface area contributed by atoms with E-state index in [0.29, 0.717) is 17.4 Å². The number of esters is 2. The van der Waals surface area contributed by atoms with Gasteiger partial charge in [0.05, 0.1) is 27.7 Å². The molecule has 0 aromatic carbocycles. The lowest BCUT2D eigenvalue weighted by molar-refractivity contribution is -0.870. The van der Waals surface area contributed by atoms with Crippen molar-refractivity contribution in [1.29, 1.82) is 0 Å². The topological polar surface area (TPSA) is 108 Å². The first kappa shape index (κ1) is 83.6. The third-order valence-corrected chi connectivity index (χ3v) is 15.5. The number of unbranched alkanes of at least 4 members (excludes halogenated alkanes) is 23. The molecule has 0 saturated heterocycles. The van der Waals surface area contributed by atoms with Crippen molar-refractivity contribution in [3.63, 3.8) is 0 Å². The highest BCUT2D eigenvalue weighted by molar-refractivity contribution is 7.47. The maximum atomic E-state index is 12.9.